The van der Waals surface area contributed by atoms with Crippen LogP contribution in [-0.4, -0.2) is 79.7 Å². The molecule has 0 spiro atoms. The van der Waals surface area contributed by atoms with Crippen molar-refractivity contribution >= 4 is 11.9 Å². The Morgan fingerprint density at radius 2 is 1.77 bits per heavy atom. The van der Waals surface area contributed by atoms with E-state index in [4.69, 9.17) is 0 Å². The van der Waals surface area contributed by atoms with Crippen molar-refractivity contribution in [2.45, 2.75) is 32.5 Å². The predicted octanol–water partition coefficient (Wildman–Crippen LogP) is 2.02. The summed E-state index contributed by atoms with van der Waals surface area (Å²) in [7, 11) is 0. The zero-order chi connectivity index (χ0) is 22.1. The van der Waals surface area contributed by atoms with Crippen molar-refractivity contribution in [2.75, 3.05) is 45.8 Å². The number of rotatable bonds is 7. The van der Waals surface area contributed by atoms with Gasteiger partial charge in [0, 0.05) is 39.3 Å². The summed E-state index contributed by atoms with van der Waals surface area (Å²) in [5.41, 5.74) is 0.719. The Hall–Kier alpha value is -2.36. The minimum absolute atomic E-state index is 0.156. The molecule has 1 amide bonds. The van der Waals surface area contributed by atoms with Gasteiger partial charge in [-0.2, -0.15) is 13.2 Å². The van der Waals surface area contributed by atoms with Gasteiger partial charge in [0.15, 0.2) is 5.96 Å². The van der Waals surface area contributed by atoms with Crippen LogP contribution >= 0.6 is 0 Å². The summed E-state index contributed by atoms with van der Waals surface area (Å²) in [6.07, 6.45) is -4.07. The van der Waals surface area contributed by atoms with E-state index >= 15 is 0 Å². The molecule has 1 unspecified atom stereocenters. The van der Waals surface area contributed by atoms with Crippen LogP contribution in [0.25, 0.3) is 0 Å². The first-order chi connectivity index (χ1) is 14.2. The highest BCUT2D eigenvalue weighted by Crippen LogP contribution is 2.25. The Balaban J connectivity index is 1.79. The number of nitrogens with one attached hydrogen (secondary N) is 2. The lowest BCUT2D eigenvalue weighted by Gasteiger charge is -2.39. The normalized spacial score (nSPS) is 17.0. The molecular weight excluding hydrogens is 402 g/mol. The maximum Gasteiger partial charge on any atom is 0.403 e. The fourth-order valence-corrected chi connectivity index (χ4v) is 3.16. The van der Waals surface area contributed by atoms with Crippen LogP contribution in [0.15, 0.2) is 29.3 Å². The highest BCUT2D eigenvalue weighted by molar-refractivity contribution is 5.80. The van der Waals surface area contributed by atoms with Gasteiger partial charge in [-0.15, -0.1) is 0 Å². The first-order valence-corrected chi connectivity index (χ1v) is 10.1. The largest absolute Gasteiger partial charge is 0.403 e. The van der Waals surface area contributed by atoms with Crippen molar-refractivity contribution in [1.82, 2.24) is 20.4 Å². The van der Waals surface area contributed by atoms with E-state index in [0.717, 1.165) is 5.56 Å². The molecule has 1 fully saturated rings. The molecule has 0 saturated carbocycles. The van der Waals surface area contributed by atoms with Crippen LogP contribution < -0.4 is 10.6 Å². The lowest BCUT2D eigenvalue weighted by Crippen LogP contribution is -2.56. The average molecular weight is 431 g/mol. The first kappa shape index (κ1) is 23.9. The fourth-order valence-electron chi connectivity index (χ4n) is 3.16. The van der Waals surface area contributed by atoms with Crippen LogP contribution in [0.4, 0.5) is 17.6 Å². The van der Waals surface area contributed by atoms with E-state index in [-0.39, 0.29) is 18.1 Å². The quantitative estimate of drug-likeness (QED) is 0.300. The van der Waals surface area contributed by atoms with Gasteiger partial charge < -0.3 is 15.5 Å². The number of nitrogens with zero attached hydrogens (tertiary/aromatic N) is 3. The Morgan fingerprint density at radius 1 is 1.13 bits per heavy atom. The van der Waals surface area contributed by atoms with Gasteiger partial charge in [-0.25, -0.2) is 4.39 Å². The molecule has 1 aromatic rings. The van der Waals surface area contributed by atoms with E-state index in [1.54, 1.807) is 12.1 Å². The SMILES string of the molecule is CCNC(=NCCNC(=O)Cc1ccc(F)cc1)N1CCN(C(C)C(F)(F)F)CC1. The van der Waals surface area contributed by atoms with E-state index in [1.165, 1.54) is 24.0 Å². The standard InChI is InChI=1S/C20H29F4N5O/c1-3-25-19(29-12-10-28(11-13-29)15(2)20(22,23)24)27-9-8-26-18(30)14-16-4-6-17(21)7-5-16/h4-7,15H,3,8-14H2,1-2H3,(H,25,27)(H,26,30). The van der Waals surface area contributed by atoms with Gasteiger partial charge in [-0.05, 0) is 31.5 Å². The van der Waals surface area contributed by atoms with Crippen LogP contribution in [0, 0.1) is 5.82 Å². The third-order valence-corrected chi connectivity index (χ3v) is 4.94. The number of carbonyl (C=O) groups is 1. The van der Waals surface area contributed by atoms with Crippen molar-refractivity contribution in [3.05, 3.63) is 35.6 Å². The van der Waals surface area contributed by atoms with E-state index in [0.29, 0.717) is 51.8 Å². The maximum atomic E-state index is 12.9. The monoisotopic (exact) mass is 431 g/mol. The van der Waals surface area contributed by atoms with Crippen molar-refractivity contribution in [3.8, 4) is 0 Å². The van der Waals surface area contributed by atoms with E-state index in [9.17, 15) is 22.4 Å². The zero-order valence-corrected chi connectivity index (χ0v) is 17.3. The van der Waals surface area contributed by atoms with Crippen molar-refractivity contribution in [2.24, 2.45) is 4.99 Å². The number of alkyl halides is 3. The zero-order valence-electron chi connectivity index (χ0n) is 17.3. The summed E-state index contributed by atoms with van der Waals surface area (Å²) in [5.74, 6) is 0.0966. The number of carbonyl (C=O) groups excluding carboxylic acids is 1. The van der Waals surface area contributed by atoms with Crippen LogP contribution in [0.5, 0.6) is 0 Å². The predicted molar refractivity (Wildman–Crippen MR) is 108 cm³/mol. The lowest BCUT2D eigenvalue weighted by molar-refractivity contribution is -0.181. The molecule has 1 aliphatic heterocycles. The Labute approximate surface area is 174 Å². The van der Waals surface area contributed by atoms with Gasteiger partial charge in [-0.3, -0.25) is 14.7 Å². The minimum Gasteiger partial charge on any atom is -0.357 e. The molecule has 0 aromatic heterocycles. The number of benzene rings is 1. The third kappa shape index (κ3) is 7.47. The van der Waals surface area contributed by atoms with Crippen LogP contribution in [0.2, 0.25) is 0 Å². The molecule has 6 nitrogen and oxygen atoms in total. The van der Waals surface area contributed by atoms with Crippen LogP contribution in [-0.2, 0) is 11.2 Å². The summed E-state index contributed by atoms with van der Waals surface area (Å²) in [6, 6.07) is 4.29. The number of guanidine groups is 1. The topological polar surface area (TPSA) is 60.0 Å². The van der Waals surface area contributed by atoms with Gasteiger partial charge in [0.2, 0.25) is 5.91 Å². The third-order valence-electron chi connectivity index (χ3n) is 4.94. The second kappa shape index (κ2) is 11.1. The fraction of sp³-hybridized carbons (Fsp3) is 0.600. The molecule has 1 atom stereocenters. The molecule has 1 aromatic carbocycles. The molecule has 0 aliphatic carbocycles. The first-order valence-electron chi connectivity index (χ1n) is 10.1. The van der Waals surface area contributed by atoms with Gasteiger partial charge in [0.05, 0.1) is 13.0 Å². The second-order valence-electron chi connectivity index (χ2n) is 7.13. The van der Waals surface area contributed by atoms with E-state index < -0.39 is 12.2 Å². The Bertz CT molecular complexity index is 700. The molecule has 168 valence electrons. The van der Waals surface area contributed by atoms with Crippen LogP contribution in [0.1, 0.15) is 19.4 Å². The minimum atomic E-state index is -4.23. The summed E-state index contributed by atoms with van der Waals surface area (Å²) in [6.45, 7) is 5.92. The van der Waals surface area contributed by atoms with Gasteiger partial charge in [0.25, 0.3) is 0 Å². The number of piperazine rings is 1. The molecule has 0 radical (unpaired) electrons. The number of aliphatic imine (C=N–C) groups is 1. The van der Waals surface area contributed by atoms with E-state index in [2.05, 4.69) is 15.6 Å². The molecule has 1 saturated heterocycles. The molecule has 2 rings (SSSR count). The smallest absolute Gasteiger partial charge is 0.357 e. The van der Waals surface area contributed by atoms with Crippen LogP contribution in [0.3, 0.4) is 0 Å². The lowest BCUT2D eigenvalue weighted by atomic mass is 10.1. The highest BCUT2D eigenvalue weighted by Gasteiger charge is 2.41. The molecular formula is C20H29F4N5O. The number of hydrogen-bond donors (Lipinski definition) is 2. The Kier molecular flexibility index (Phi) is 8.88. The summed E-state index contributed by atoms with van der Waals surface area (Å²) >= 11 is 0. The molecule has 1 aliphatic rings. The molecule has 1 heterocycles. The number of amides is 1. The highest BCUT2D eigenvalue weighted by atomic mass is 19.4. The van der Waals surface area contributed by atoms with Gasteiger partial charge in [-0.1, -0.05) is 12.1 Å². The molecule has 0 bridgehead atoms. The molecule has 30 heavy (non-hydrogen) atoms. The summed E-state index contributed by atoms with van der Waals surface area (Å²) in [5, 5.41) is 5.91. The van der Waals surface area contributed by atoms with Crippen molar-refractivity contribution in [3.63, 3.8) is 0 Å². The van der Waals surface area contributed by atoms with Crippen molar-refractivity contribution in [1.29, 1.82) is 0 Å². The van der Waals surface area contributed by atoms with Crippen molar-refractivity contribution < 1.29 is 22.4 Å². The molecule has 10 heteroatoms. The second-order valence-corrected chi connectivity index (χ2v) is 7.13. The van der Waals surface area contributed by atoms with E-state index in [1.807, 2.05) is 11.8 Å². The van der Waals surface area contributed by atoms with Gasteiger partial charge >= 0.3 is 6.18 Å². The number of hydrogen-bond acceptors (Lipinski definition) is 3. The van der Waals surface area contributed by atoms with Gasteiger partial charge in [0.1, 0.15) is 11.9 Å². The maximum absolute atomic E-state index is 12.9. The average Bonchev–Trinajstić information content (AvgIpc) is 2.71. The molecule has 2 N–H and O–H groups in total. The summed E-state index contributed by atoms with van der Waals surface area (Å²) in [4.78, 5) is 19.8. The summed E-state index contributed by atoms with van der Waals surface area (Å²) < 4.78 is 51.6. The Morgan fingerprint density at radius 3 is 2.33 bits per heavy atom. The number of halogens is 4.